The zero-order chi connectivity index (χ0) is 12.5. The molecule has 0 spiro atoms. The summed E-state index contributed by atoms with van der Waals surface area (Å²) in [7, 11) is 2.07. The molecule has 2 fully saturated rings. The van der Waals surface area contributed by atoms with Gasteiger partial charge in [-0.05, 0) is 75.1 Å². The molecule has 98 valence electrons. The van der Waals surface area contributed by atoms with Gasteiger partial charge in [-0.25, -0.2) is 0 Å². The van der Waals surface area contributed by atoms with Crippen molar-refractivity contribution in [3.05, 3.63) is 29.6 Å². The van der Waals surface area contributed by atoms with Crippen molar-refractivity contribution >= 4 is 0 Å². The summed E-state index contributed by atoms with van der Waals surface area (Å²) in [6, 6.07) is 4.75. The molecule has 4 unspecified atom stereocenters. The first-order valence-corrected chi connectivity index (χ1v) is 7.36. The van der Waals surface area contributed by atoms with E-state index in [1.165, 1.54) is 43.4 Å². The van der Waals surface area contributed by atoms with Crippen molar-refractivity contribution in [2.24, 2.45) is 17.8 Å². The van der Waals surface area contributed by atoms with Crippen LogP contribution in [0.25, 0.3) is 0 Å². The lowest BCUT2D eigenvalue weighted by Gasteiger charge is -2.26. The van der Waals surface area contributed by atoms with Gasteiger partial charge in [-0.1, -0.05) is 6.42 Å². The number of nitrogens with zero attached hydrogens (tertiary/aromatic N) is 1. The molecule has 2 aliphatic carbocycles. The van der Waals surface area contributed by atoms with E-state index in [9.17, 15) is 0 Å². The van der Waals surface area contributed by atoms with Crippen LogP contribution in [0.2, 0.25) is 0 Å². The molecule has 3 rings (SSSR count). The molecule has 2 saturated carbocycles. The summed E-state index contributed by atoms with van der Waals surface area (Å²) in [5.41, 5.74) is 2.54. The molecule has 1 aromatic rings. The highest BCUT2D eigenvalue weighted by molar-refractivity contribution is 5.17. The third-order valence-electron chi connectivity index (χ3n) is 5.07. The number of rotatable bonds is 4. The number of aromatic nitrogens is 1. The number of fused-ring (bicyclic) bond motifs is 2. The van der Waals surface area contributed by atoms with E-state index in [1.807, 2.05) is 6.20 Å². The van der Waals surface area contributed by atoms with E-state index in [1.54, 1.807) is 0 Å². The minimum absolute atomic E-state index is 0.439. The van der Waals surface area contributed by atoms with Gasteiger partial charge in [-0.15, -0.1) is 0 Å². The van der Waals surface area contributed by atoms with E-state index in [4.69, 9.17) is 0 Å². The second kappa shape index (κ2) is 5.00. The number of nitrogens with one attached hydrogen (secondary N) is 1. The predicted octanol–water partition coefficient (Wildman–Crippen LogP) is 3.48. The van der Waals surface area contributed by atoms with Crippen LogP contribution >= 0.6 is 0 Å². The van der Waals surface area contributed by atoms with Crippen LogP contribution in [-0.4, -0.2) is 12.0 Å². The quantitative estimate of drug-likeness (QED) is 0.877. The average molecular weight is 244 g/mol. The molecule has 0 saturated heterocycles. The minimum atomic E-state index is 0.439. The molecule has 2 nitrogen and oxygen atoms in total. The molecular formula is C16H24N2. The minimum Gasteiger partial charge on any atom is -0.312 e. The zero-order valence-corrected chi connectivity index (χ0v) is 11.5. The van der Waals surface area contributed by atoms with Gasteiger partial charge in [-0.2, -0.15) is 0 Å². The standard InChI is InChI=1S/C16H24N2/c1-11-5-6-18-16(7-11)15(17-2)10-14-9-12-3-4-13(14)8-12/h5-7,12-15,17H,3-4,8-10H2,1-2H3. The first kappa shape index (κ1) is 12.2. The van der Waals surface area contributed by atoms with Gasteiger partial charge < -0.3 is 5.32 Å². The maximum absolute atomic E-state index is 4.55. The van der Waals surface area contributed by atoms with E-state index in [-0.39, 0.29) is 0 Å². The van der Waals surface area contributed by atoms with Gasteiger partial charge in [0.15, 0.2) is 0 Å². The van der Waals surface area contributed by atoms with E-state index < -0.39 is 0 Å². The maximum atomic E-state index is 4.55. The molecule has 1 N–H and O–H groups in total. The Balaban J connectivity index is 1.69. The fraction of sp³-hybridized carbons (Fsp3) is 0.688. The van der Waals surface area contributed by atoms with Crippen LogP contribution in [0.5, 0.6) is 0 Å². The highest BCUT2D eigenvalue weighted by Gasteiger charge is 2.40. The van der Waals surface area contributed by atoms with Crippen LogP contribution in [-0.2, 0) is 0 Å². The Hall–Kier alpha value is -0.890. The Morgan fingerprint density at radius 2 is 2.28 bits per heavy atom. The summed E-state index contributed by atoms with van der Waals surface area (Å²) in [6.07, 6.45) is 9.15. The van der Waals surface area contributed by atoms with Gasteiger partial charge in [0.05, 0.1) is 5.69 Å². The number of aryl methyl sites for hydroxylation is 1. The fourth-order valence-electron chi connectivity index (χ4n) is 4.10. The van der Waals surface area contributed by atoms with Crippen LogP contribution < -0.4 is 5.32 Å². The van der Waals surface area contributed by atoms with Crippen molar-refractivity contribution in [1.29, 1.82) is 0 Å². The fourth-order valence-corrected chi connectivity index (χ4v) is 4.10. The number of hydrogen-bond donors (Lipinski definition) is 1. The summed E-state index contributed by atoms with van der Waals surface area (Å²) in [6.45, 7) is 2.15. The predicted molar refractivity (Wildman–Crippen MR) is 74.3 cm³/mol. The summed E-state index contributed by atoms with van der Waals surface area (Å²) in [5.74, 6) is 2.99. The summed E-state index contributed by atoms with van der Waals surface area (Å²) >= 11 is 0. The Labute approximate surface area is 110 Å². The molecule has 2 aliphatic rings. The van der Waals surface area contributed by atoms with E-state index in [0.29, 0.717) is 6.04 Å². The summed E-state index contributed by atoms with van der Waals surface area (Å²) < 4.78 is 0. The highest BCUT2D eigenvalue weighted by atomic mass is 14.9. The van der Waals surface area contributed by atoms with Crippen LogP contribution in [0.1, 0.15) is 49.4 Å². The number of pyridine rings is 1. The average Bonchev–Trinajstić information content (AvgIpc) is 2.98. The third-order valence-corrected chi connectivity index (χ3v) is 5.07. The van der Waals surface area contributed by atoms with E-state index in [2.05, 4.69) is 36.4 Å². The molecule has 0 aromatic carbocycles. The summed E-state index contributed by atoms with van der Waals surface area (Å²) in [4.78, 5) is 4.55. The van der Waals surface area contributed by atoms with Gasteiger partial charge in [0.25, 0.3) is 0 Å². The zero-order valence-electron chi connectivity index (χ0n) is 11.5. The van der Waals surface area contributed by atoms with Gasteiger partial charge in [0.2, 0.25) is 0 Å². The largest absolute Gasteiger partial charge is 0.312 e. The molecule has 0 aliphatic heterocycles. The maximum Gasteiger partial charge on any atom is 0.0575 e. The van der Waals surface area contributed by atoms with E-state index >= 15 is 0 Å². The van der Waals surface area contributed by atoms with Crippen LogP contribution in [0.3, 0.4) is 0 Å². The molecule has 2 bridgehead atoms. The first-order chi connectivity index (χ1) is 8.76. The van der Waals surface area contributed by atoms with E-state index in [0.717, 1.165) is 17.8 Å². The van der Waals surface area contributed by atoms with Crippen LogP contribution in [0, 0.1) is 24.7 Å². The van der Waals surface area contributed by atoms with Crippen molar-refractivity contribution in [2.45, 2.75) is 45.1 Å². The van der Waals surface area contributed by atoms with Gasteiger partial charge in [0, 0.05) is 12.2 Å². The lowest BCUT2D eigenvalue weighted by molar-refractivity contribution is 0.282. The topological polar surface area (TPSA) is 24.9 Å². The molecule has 0 radical (unpaired) electrons. The molecule has 18 heavy (non-hydrogen) atoms. The molecule has 4 atom stereocenters. The van der Waals surface area contributed by atoms with Gasteiger partial charge in [0.1, 0.15) is 0 Å². The van der Waals surface area contributed by atoms with Crippen LogP contribution in [0.15, 0.2) is 18.3 Å². The molecule has 0 amide bonds. The smallest absolute Gasteiger partial charge is 0.0575 e. The second-order valence-electron chi connectivity index (χ2n) is 6.27. The van der Waals surface area contributed by atoms with Crippen molar-refractivity contribution < 1.29 is 0 Å². The Morgan fingerprint density at radius 3 is 2.89 bits per heavy atom. The Morgan fingerprint density at radius 1 is 1.39 bits per heavy atom. The lowest BCUT2D eigenvalue weighted by atomic mass is 9.83. The second-order valence-corrected chi connectivity index (χ2v) is 6.27. The summed E-state index contributed by atoms with van der Waals surface area (Å²) in [5, 5.41) is 3.47. The first-order valence-electron chi connectivity index (χ1n) is 7.36. The van der Waals surface area contributed by atoms with Crippen molar-refractivity contribution in [1.82, 2.24) is 10.3 Å². The normalized spacial score (nSPS) is 31.8. The van der Waals surface area contributed by atoms with Crippen LogP contribution in [0.4, 0.5) is 0 Å². The molecular weight excluding hydrogens is 220 g/mol. The highest BCUT2D eigenvalue weighted by Crippen LogP contribution is 2.50. The lowest BCUT2D eigenvalue weighted by Crippen LogP contribution is -2.23. The van der Waals surface area contributed by atoms with Crippen molar-refractivity contribution in [3.63, 3.8) is 0 Å². The SMILES string of the molecule is CNC(CC1CC2CCC1C2)c1cc(C)ccn1. The Bertz CT molecular complexity index is 415. The molecule has 1 aromatic heterocycles. The molecule has 2 heteroatoms. The van der Waals surface area contributed by atoms with Crippen molar-refractivity contribution in [3.8, 4) is 0 Å². The Kier molecular flexibility index (Phi) is 3.38. The molecule has 1 heterocycles. The number of hydrogen-bond acceptors (Lipinski definition) is 2. The van der Waals surface area contributed by atoms with Crippen molar-refractivity contribution in [2.75, 3.05) is 7.05 Å². The monoisotopic (exact) mass is 244 g/mol. The van der Waals surface area contributed by atoms with Gasteiger partial charge >= 0.3 is 0 Å². The third kappa shape index (κ3) is 2.31. The van der Waals surface area contributed by atoms with Gasteiger partial charge in [-0.3, -0.25) is 4.98 Å².